The number of halogens is 1. The molecular formula is C21H21ClN2O3. The predicted octanol–water partition coefficient (Wildman–Crippen LogP) is 3.80. The normalized spacial score (nSPS) is 14.3. The van der Waals surface area contributed by atoms with Crippen molar-refractivity contribution in [3.8, 4) is 0 Å². The Hall–Kier alpha value is -2.63. The Kier molecular flexibility index (Phi) is 5.63. The summed E-state index contributed by atoms with van der Waals surface area (Å²) in [4.78, 5) is 27.2. The number of aryl methyl sites for hydroxylation is 2. The minimum atomic E-state index is -0.358. The molecular weight excluding hydrogens is 364 g/mol. The summed E-state index contributed by atoms with van der Waals surface area (Å²) in [7, 11) is 1.54. The second-order valence-electron chi connectivity index (χ2n) is 6.46. The molecule has 27 heavy (non-hydrogen) atoms. The Morgan fingerprint density at radius 3 is 2.41 bits per heavy atom. The molecule has 0 aliphatic carbocycles. The number of benzene rings is 2. The zero-order chi connectivity index (χ0) is 19.6. The highest BCUT2D eigenvalue weighted by Gasteiger charge is 2.39. The highest BCUT2D eigenvalue weighted by Crippen LogP contribution is 2.32. The van der Waals surface area contributed by atoms with Crippen molar-refractivity contribution in [3.63, 3.8) is 0 Å². The molecule has 0 aromatic heterocycles. The monoisotopic (exact) mass is 384 g/mol. The standard InChI is InChI=1S/C21H21ClN2O3/c1-13-4-5-14(2)17(12-13)23-19-18(15-6-8-16(22)9-7-15)20(25)24(21(19)26)10-11-27-3/h4-9,12,23H,10-11H2,1-3H3. The molecule has 5 nitrogen and oxygen atoms in total. The van der Waals surface area contributed by atoms with Crippen molar-refractivity contribution in [2.75, 3.05) is 25.6 Å². The zero-order valence-corrected chi connectivity index (χ0v) is 16.3. The average molecular weight is 385 g/mol. The van der Waals surface area contributed by atoms with Gasteiger partial charge in [0.15, 0.2) is 0 Å². The molecule has 3 rings (SSSR count). The second kappa shape index (κ2) is 7.94. The molecule has 2 amide bonds. The zero-order valence-electron chi connectivity index (χ0n) is 15.5. The number of carbonyl (C=O) groups excluding carboxylic acids is 2. The van der Waals surface area contributed by atoms with Crippen LogP contribution in [0.2, 0.25) is 5.02 Å². The molecule has 1 N–H and O–H groups in total. The number of carbonyl (C=O) groups is 2. The fourth-order valence-corrected chi connectivity index (χ4v) is 3.09. The topological polar surface area (TPSA) is 58.6 Å². The van der Waals surface area contributed by atoms with Crippen LogP contribution in [0.5, 0.6) is 0 Å². The summed E-state index contributed by atoms with van der Waals surface area (Å²) in [6.07, 6.45) is 0. The van der Waals surface area contributed by atoms with Crippen molar-refractivity contribution in [2.45, 2.75) is 13.8 Å². The molecule has 6 heteroatoms. The van der Waals surface area contributed by atoms with Crippen molar-refractivity contribution in [1.82, 2.24) is 4.90 Å². The van der Waals surface area contributed by atoms with Gasteiger partial charge in [-0.25, -0.2) is 0 Å². The van der Waals surface area contributed by atoms with E-state index in [-0.39, 0.29) is 30.7 Å². The van der Waals surface area contributed by atoms with Crippen LogP contribution in [0, 0.1) is 13.8 Å². The third-order valence-electron chi connectivity index (χ3n) is 4.47. The van der Waals surface area contributed by atoms with Crippen molar-refractivity contribution >= 4 is 34.7 Å². The van der Waals surface area contributed by atoms with E-state index in [0.29, 0.717) is 16.2 Å². The first-order valence-electron chi connectivity index (χ1n) is 8.62. The molecule has 0 radical (unpaired) electrons. The summed E-state index contributed by atoms with van der Waals surface area (Å²) >= 11 is 5.97. The number of anilines is 1. The minimum absolute atomic E-state index is 0.198. The van der Waals surface area contributed by atoms with Gasteiger partial charge < -0.3 is 10.1 Å². The number of nitrogens with zero attached hydrogens (tertiary/aromatic N) is 1. The lowest BCUT2D eigenvalue weighted by atomic mass is 10.0. The molecule has 2 aromatic rings. The summed E-state index contributed by atoms with van der Waals surface area (Å²) in [5.41, 5.74) is 4.10. The Balaban J connectivity index is 2.07. The van der Waals surface area contributed by atoms with Crippen molar-refractivity contribution in [2.24, 2.45) is 0 Å². The summed E-state index contributed by atoms with van der Waals surface area (Å²) in [5.74, 6) is -0.699. The number of ether oxygens (including phenoxy) is 1. The van der Waals surface area contributed by atoms with Crippen molar-refractivity contribution in [3.05, 3.63) is 69.9 Å². The predicted molar refractivity (Wildman–Crippen MR) is 107 cm³/mol. The van der Waals surface area contributed by atoms with Crippen LogP contribution in [0.15, 0.2) is 48.2 Å². The fraction of sp³-hybridized carbons (Fsp3) is 0.238. The van der Waals surface area contributed by atoms with Gasteiger partial charge in [0, 0.05) is 17.8 Å². The van der Waals surface area contributed by atoms with Crippen LogP contribution in [0.1, 0.15) is 16.7 Å². The van der Waals surface area contributed by atoms with Gasteiger partial charge in [-0.05, 0) is 48.7 Å². The van der Waals surface area contributed by atoms with Crippen LogP contribution in [0.4, 0.5) is 5.69 Å². The van der Waals surface area contributed by atoms with Crippen LogP contribution in [0.3, 0.4) is 0 Å². The molecule has 0 saturated carbocycles. The first kappa shape index (κ1) is 19.1. The van der Waals surface area contributed by atoms with Crippen LogP contribution in [0.25, 0.3) is 5.57 Å². The van der Waals surface area contributed by atoms with Gasteiger partial charge in [-0.3, -0.25) is 14.5 Å². The number of methoxy groups -OCH3 is 1. The van der Waals surface area contributed by atoms with E-state index in [9.17, 15) is 9.59 Å². The van der Waals surface area contributed by atoms with Crippen LogP contribution in [-0.2, 0) is 14.3 Å². The average Bonchev–Trinajstić information content (AvgIpc) is 2.87. The van der Waals surface area contributed by atoms with Gasteiger partial charge in [0.05, 0.1) is 18.7 Å². The quantitative estimate of drug-likeness (QED) is 0.770. The Morgan fingerprint density at radius 1 is 1.04 bits per heavy atom. The molecule has 0 unspecified atom stereocenters. The van der Waals surface area contributed by atoms with Crippen molar-refractivity contribution in [1.29, 1.82) is 0 Å². The van der Waals surface area contributed by atoms with Gasteiger partial charge in [-0.1, -0.05) is 35.9 Å². The third-order valence-corrected chi connectivity index (χ3v) is 4.72. The lowest BCUT2D eigenvalue weighted by molar-refractivity contribution is -0.137. The van der Waals surface area contributed by atoms with Gasteiger partial charge in [0.25, 0.3) is 11.8 Å². The number of rotatable bonds is 6. The lowest BCUT2D eigenvalue weighted by Gasteiger charge is -2.15. The van der Waals surface area contributed by atoms with Crippen LogP contribution >= 0.6 is 11.6 Å². The van der Waals surface area contributed by atoms with E-state index in [4.69, 9.17) is 16.3 Å². The molecule has 1 aliphatic rings. The molecule has 0 atom stereocenters. The highest BCUT2D eigenvalue weighted by molar-refractivity contribution is 6.37. The third kappa shape index (κ3) is 3.89. The van der Waals surface area contributed by atoms with E-state index >= 15 is 0 Å². The molecule has 0 saturated heterocycles. The maximum absolute atomic E-state index is 13.0. The molecule has 0 spiro atoms. The number of imide groups is 1. The smallest absolute Gasteiger partial charge is 0.278 e. The first-order valence-corrected chi connectivity index (χ1v) is 8.99. The number of amides is 2. The SMILES string of the molecule is COCCN1C(=O)C(Nc2cc(C)ccc2C)=C(c2ccc(Cl)cc2)C1=O. The van der Waals surface area contributed by atoms with E-state index in [2.05, 4.69) is 5.32 Å². The van der Waals surface area contributed by atoms with E-state index < -0.39 is 0 Å². The van der Waals surface area contributed by atoms with E-state index in [0.717, 1.165) is 16.8 Å². The molecule has 0 fully saturated rings. The van der Waals surface area contributed by atoms with Crippen molar-refractivity contribution < 1.29 is 14.3 Å². The maximum atomic E-state index is 13.0. The summed E-state index contributed by atoms with van der Waals surface area (Å²) in [6.45, 7) is 4.41. The molecule has 140 valence electrons. The van der Waals surface area contributed by atoms with Gasteiger partial charge in [0.1, 0.15) is 5.70 Å². The largest absolute Gasteiger partial charge is 0.383 e. The van der Waals surface area contributed by atoms with Crippen LogP contribution < -0.4 is 5.32 Å². The summed E-state index contributed by atoms with van der Waals surface area (Å²) < 4.78 is 5.04. The second-order valence-corrected chi connectivity index (χ2v) is 6.89. The summed E-state index contributed by atoms with van der Waals surface area (Å²) in [5, 5.41) is 3.76. The number of hydrogen-bond acceptors (Lipinski definition) is 4. The fourth-order valence-electron chi connectivity index (χ4n) is 2.97. The van der Waals surface area contributed by atoms with E-state index in [1.165, 1.54) is 12.0 Å². The van der Waals surface area contributed by atoms with Gasteiger partial charge in [-0.15, -0.1) is 0 Å². The molecule has 1 aliphatic heterocycles. The highest BCUT2D eigenvalue weighted by atomic mass is 35.5. The summed E-state index contributed by atoms with van der Waals surface area (Å²) in [6, 6.07) is 12.8. The van der Waals surface area contributed by atoms with E-state index in [1.807, 2.05) is 32.0 Å². The lowest BCUT2D eigenvalue weighted by Crippen LogP contribution is -2.35. The Bertz CT molecular complexity index is 920. The Labute approximate surface area is 163 Å². The first-order chi connectivity index (χ1) is 12.9. The number of hydrogen-bond donors (Lipinski definition) is 1. The molecule has 2 aromatic carbocycles. The molecule has 1 heterocycles. The minimum Gasteiger partial charge on any atom is -0.383 e. The maximum Gasteiger partial charge on any atom is 0.278 e. The number of nitrogens with one attached hydrogen (secondary N) is 1. The molecule has 0 bridgehead atoms. The Morgan fingerprint density at radius 2 is 1.74 bits per heavy atom. The van der Waals surface area contributed by atoms with E-state index in [1.54, 1.807) is 24.3 Å². The van der Waals surface area contributed by atoms with Gasteiger partial charge in [-0.2, -0.15) is 0 Å². The van der Waals surface area contributed by atoms with Crippen LogP contribution in [-0.4, -0.2) is 37.0 Å². The van der Waals surface area contributed by atoms with Gasteiger partial charge in [0.2, 0.25) is 0 Å². The van der Waals surface area contributed by atoms with Gasteiger partial charge >= 0.3 is 0 Å².